The summed E-state index contributed by atoms with van der Waals surface area (Å²) in [5, 5.41) is 0.817. The molecule has 32 heavy (non-hydrogen) atoms. The van der Waals surface area contributed by atoms with Gasteiger partial charge >= 0.3 is 5.97 Å². The maximum atomic E-state index is 12.5. The van der Waals surface area contributed by atoms with Crippen LogP contribution in [0.25, 0.3) is 22.0 Å². The number of aromatic nitrogens is 2. The van der Waals surface area contributed by atoms with Gasteiger partial charge in [0.25, 0.3) is 5.91 Å². The maximum Gasteiger partial charge on any atom is 0.326 e. The van der Waals surface area contributed by atoms with Crippen LogP contribution in [0.5, 0.6) is 5.75 Å². The number of nitrogens with zero attached hydrogens (tertiary/aromatic N) is 3. The van der Waals surface area contributed by atoms with E-state index < -0.39 is 5.97 Å². The first-order valence-corrected chi connectivity index (χ1v) is 11.1. The molecule has 2 aromatic heterocycles. The molecule has 0 spiro atoms. The van der Waals surface area contributed by atoms with Crippen LogP contribution >= 0.6 is 11.3 Å². The van der Waals surface area contributed by atoms with Crippen LogP contribution in [0.1, 0.15) is 11.8 Å². The van der Waals surface area contributed by atoms with E-state index in [0.29, 0.717) is 24.7 Å². The number of benzene rings is 1. The summed E-state index contributed by atoms with van der Waals surface area (Å²) in [4.78, 5) is 36.3. The van der Waals surface area contributed by atoms with Crippen molar-refractivity contribution < 1.29 is 23.8 Å². The van der Waals surface area contributed by atoms with Crippen LogP contribution < -0.4 is 9.64 Å². The van der Waals surface area contributed by atoms with Crippen molar-refractivity contribution in [2.75, 3.05) is 37.9 Å². The second kappa shape index (κ2) is 9.88. The molecule has 4 rings (SSSR count). The quantitative estimate of drug-likeness (QED) is 0.381. The van der Waals surface area contributed by atoms with Gasteiger partial charge < -0.3 is 14.2 Å². The molecule has 0 unspecified atom stereocenters. The highest BCUT2D eigenvalue weighted by atomic mass is 32.1. The lowest BCUT2D eigenvalue weighted by atomic mass is 10.1. The molecule has 1 amide bonds. The number of thiazole rings is 1. The van der Waals surface area contributed by atoms with E-state index in [4.69, 9.17) is 19.2 Å². The van der Waals surface area contributed by atoms with Gasteiger partial charge in [0.1, 0.15) is 23.9 Å². The number of fused-ring (bicyclic) bond motifs is 1. The van der Waals surface area contributed by atoms with Crippen LogP contribution in [0.2, 0.25) is 0 Å². The van der Waals surface area contributed by atoms with E-state index in [9.17, 15) is 9.59 Å². The Morgan fingerprint density at radius 2 is 2.12 bits per heavy atom. The third kappa shape index (κ3) is 4.79. The van der Waals surface area contributed by atoms with Crippen molar-refractivity contribution in [3.63, 3.8) is 0 Å². The fourth-order valence-corrected chi connectivity index (χ4v) is 4.23. The zero-order chi connectivity index (χ0) is 22.5. The van der Waals surface area contributed by atoms with Gasteiger partial charge in [-0.3, -0.25) is 19.5 Å². The standard InChI is InChI=1S/C23H23N3O5S/c1-3-29-10-11-30-21(28)13-26-18-12-16(7-8-19(18)31-14-20(26)27)22-15(2)32-23(25-22)17-6-4-5-9-24-17/h4-9,12H,3,10-11,13-14H2,1-2H3. The lowest BCUT2D eigenvalue weighted by molar-refractivity contribution is -0.144. The van der Waals surface area contributed by atoms with Crippen LogP contribution in [-0.2, 0) is 19.1 Å². The zero-order valence-corrected chi connectivity index (χ0v) is 18.7. The Hall–Kier alpha value is -3.30. The molecule has 1 aliphatic heterocycles. The number of amides is 1. The molecule has 0 bridgehead atoms. The Bertz CT molecular complexity index is 1120. The zero-order valence-electron chi connectivity index (χ0n) is 17.9. The molecular weight excluding hydrogens is 430 g/mol. The first-order valence-electron chi connectivity index (χ1n) is 10.3. The van der Waals surface area contributed by atoms with Gasteiger partial charge in [-0.05, 0) is 44.2 Å². The van der Waals surface area contributed by atoms with Gasteiger partial charge in [-0.15, -0.1) is 11.3 Å². The van der Waals surface area contributed by atoms with Gasteiger partial charge in [0.15, 0.2) is 6.61 Å². The Balaban J connectivity index is 1.58. The fraction of sp³-hybridized carbons (Fsp3) is 0.304. The van der Waals surface area contributed by atoms with Crippen molar-refractivity contribution in [3.05, 3.63) is 47.5 Å². The highest BCUT2D eigenvalue weighted by Crippen LogP contribution is 2.38. The normalized spacial score (nSPS) is 12.9. The molecule has 1 aliphatic rings. The van der Waals surface area contributed by atoms with Crippen LogP contribution in [0.3, 0.4) is 0 Å². The largest absolute Gasteiger partial charge is 0.482 e. The van der Waals surface area contributed by atoms with E-state index in [1.165, 1.54) is 4.90 Å². The van der Waals surface area contributed by atoms with Gasteiger partial charge in [-0.2, -0.15) is 0 Å². The van der Waals surface area contributed by atoms with Crippen molar-refractivity contribution in [2.24, 2.45) is 0 Å². The molecule has 0 N–H and O–H groups in total. The Labute approximate surface area is 189 Å². The van der Waals surface area contributed by atoms with Crippen LogP contribution in [0.4, 0.5) is 5.69 Å². The molecule has 166 valence electrons. The first-order chi connectivity index (χ1) is 15.6. The summed E-state index contributed by atoms with van der Waals surface area (Å²) in [5.74, 6) is -0.271. The summed E-state index contributed by atoms with van der Waals surface area (Å²) in [6.45, 7) is 4.56. The average Bonchev–Trinajstić information content (AvgIpc) is 3.20. The topological polar surface area (TPSA) is 90.9 Å². The molecule has 9 heteroatoms. The number of hydrogen-bond acceptors (Lipinski definition) is 8. The minimum absolute atomic E-state index is 0.127. The number of rotatable bonds is 8. The van der Waals surface area contributed by atoms with Crippen molar-refractivity contribution >= 4 is 28.9 Å². The summed E-state index contributed by atoms with van der Waals surface area (Å²) in [5.41, 5.74) is 2.95. The number of pyridine rings is 1. The molecule has 0 atom stereocenters. The molecule has 1 aromatic carbocycles. The molecule has 0 saturated carbocycles. The summed E-state index contributed by atoms with van der Waals surface area (Å²) in [6.07, 6.45) is 1.74. The maximum absolute atomic E-state index is 12.5. The van der Waals surface area contributed by atoms with Gasteiger partial charge in [0.2, 0.25) is 0 Å². The molecule has 8 nitrogen and oxygen atoms in total. The molecular formula is C23H23N3O5S. The van der Waals surface area contributed by atoms with Gasteiger partial charge in [-0.25, -0.2) is 4.98 Å². The van der Waals surface area contributed by atoms with Crippen LogP contribution in [0, 0.1) is 6.92 Å². The summed E-state index contributed by atoms with van der Waals surface area (Å²) < 4.78 is 15.9. The smallest absolute Gasteiger partial charge is 0.326 e. The highest BCUT2D eigenvalue weighted by molar-refractivity contribution is 7.15. The number of anilines is 1. The highest BCUT2D eigenvalue weighted by Gasteiger charge is 2.29. The van der Waals surface area contributed by atoms with Gasteiger partial charge in [0.05, 0.1) is 23.7 Å². The predicted octanol–water partition coefficient (Wildman–Crippen LogP) is 3.49. The van der Waals surface area contributed by atoms with Crippen LogP contribution in [-0.4, -0.2) is 54.8 Å². The number of hydrogen-bond donors (Lipinski definition) is 0. The molecule has 0 saturated heterocycles. The van der Waals surface area contributed by atoms with E-state index in [1.54, 1.807) is 23.6 Å². The van der Waals surface area contributed by atoms with E-state index in [1.807, 2.05) is 44.2 Å². The third-order valence-electron chi connectivity index (χ3n) is 4.84. The summed E-state index contributed by atoms with van der Waals surface area (Å²) in [7, 11) is 0. The fourth-order valence-electron chi connectivity index (χ4n) is 3.32. The minimum atomic E-state index is -0.501. The number of ether oxygens (including phenoxy) is 3. The van der Waals surface area contributed by atoms with Crippen molar-refractivity contribution in [3.8, 4) is 27.7 Å². The monoisotopic (exact) mass is 453 g/mol. The molecule has 0 aliphatic carbocycles. The van der Waals surface area contributed by atoms with Crippen molar-refractivity contribution in [1.82, 2.24) is 9.97 Å². The van der Waals surface area contributed by atoms with Crippen molar-refractivity contribution in [2.45, 2.75) is 13.8 Å². The summed E-state index contributed by atoms with van der Waals surface area (Å²) >= 11 is 1.55. The van der Waals surface area contributed by atoms with Crippen molar-refractivity contribution in [1.29, 1.82) is 0 Å². The van der Waals surface area contributed by atoms with E-state index >= 15 is 0 Å². The van der Waals surface area contributed by atoms with Gasteiger partial charge in [0, 0.05) is 23.2 Å². The third-order valence-corrected chi connectivity index (χ3v) is 5.83. The lowest BCUT2D eigenvalue weighted by Crippen LogP contribution is -2.42. The first kappa shape index (κ1) is 21.9. The second-order valence-electron chi connectivity index (χ2n) is 7.01. The Kier molecular flexibility index (Phi) is 6.77. The number of aryl methyl sites for hydroxylation is 1. The number of carbonyl (C=O) groups is 2. The SMILES string of the molecule is CCOCCOC(=O)CN1C(=O)COc2ccc(-c3nc(-c4ccccn4)sc3C)cc21. The van der Waals surface area contributed by atoms with E-state index in [-0.39, 0.29) is 25.7 Å². The van der Waals surface area contributed by atoms with Gasteiger partial charge in [-0.1, -0.05) is 6.07 Å². The molecule has 0 fully saturated rings. The minimum Gasteiger partial charge on any atom is -0.482 e. The number of esters is 1. The molecule has 0 radical (unpaired) electrons. The van der Waals surface area contributed by atoms with E-state index in [2.05, 4.69) is 4.98 Å². The molecule has 3 aromatic rings. The predicted molar refractivity (Wildman–Crippen MR) is 121 cm³/mol. The average molecular weight is 454 g/mol. The lowest BCUT2D eigenvalue weighted by Gasteiger charge is -2.29. The summed E-state index contributed by atoms with van der Waals surface area (Å²) in [6, 6.07) is 11.2. The molecule has 3 heterocycles. The Morgan fingerprint density at radius 3 is 2.91 bits per heavy atom. The Morgan fingerprint density at radius 1 is 1.25 bits per heavy atom. The van der Waals surface area contributed by atoms with E-state index in [0.717, 1.165) is 26.8 Å². The second-order valence-corrected chi connectivity index (χ2v) is 8.21. The number of carbonyl (C=O) groups excluding carboxylic acids is 2. The van der Waals surface area contributed by atoms with Crippen LogP contribution in [0.15, 0.2) is 42.6 Å².